The van der Waals surface area contributed by atoms with Crippen LogP contribution < -0.4 is 9.46 Å². The van der Waals surface area contributed by atoms with E-state index in [0.29, 0.717) is 11.4 Å². The van der Waals surface area contributed by atoms with Gasteiger partial charge in [-0.1, -0.05) is 13.0 Å². The Kier molecular flexibility index (Phi) is 4.83. The van der Waals surface area contributed by atoms with Gasteiger partial charge in [0.05, 0.1) is 5.69 Å². The molecule has 1 heterocycles. The molecule has 0 spiro atoms. The van der Waals surface area contributed by atoms with Gasteiger partial charge in [-0.15, -0.1) is 11.3 Å². The molecule has 0 aliphatic rings. The van der Waals surface area contributed by atoms with Crippen molar-refractivity contribution in [3.8, 4) is 11.8 Å². The summed E-state index contributed by atoms with van der Waals surface area (Å²) < 4.78 is 32.5. The highest BCUT2D eigenvalue weighted by Crippen LogP contribution is 2.25. The van der Waals surface area contributed by atoms with E-state index < -0.39 is 10.0 Å². The van der Waals surface area contributed by atoms with Gasteiger partial charge in [0.25, 0.3) is 10.0 Å². The van der Waals surface area contributed by atoms with E-state index in [1.54, 1.807) is 30.3 Å². The molecule has 7 heteroatoms. The third kappa shape index (κ3) is 3.97. The van der Waals surface area contributed by atoms with E-state index in [4.69, 9.17) is 10.00 Å². The number of benzene rings is 1. The second-order valence-electron chi connectivity index (χ2n) is 4.15. The fourth-order valence-electron chi connectivity index (χ4n) is 1.66. The standard InChI is InChI=1S/C14H14N2O3S2/c1-2-13-6-7-14(20-13)21(17,18)16-11-4-3-5-12(10-11)19-9-8-15/h3-7,10,16H,2,9H2,1H3. The molecular weight excluding hydrogens is 308 g/mol. The number of rotatable bonds is 6. The van der Waals surface area contributed by atoms with E-state index in [1.165, 1.54) is 11.3 Å². The second-order valence-corrected chi connectivity index (χ2v) is 7.23. The van der Waals surface area contributed by atoms with Crippen molar-refractivity contribution in [1.82, 2.24) is 0 Å². The molecular formula is C14H14N2O3S2. The number of aryl methyl sites for hydroxylation is 1. The molecule has 0 bridgehead atoms. The van der Waals surface area contributed by atoms with Crippen LogP contribution in [-0.4, -0.2) is 15.0 Å². The normalized spacial score (nSPS) is 10.9. The minimum absolute atomic E-state index is 0.0824. The zero-order chi connectivity index (χ0) is 15.3. The lowest BCUT2D eigenvalue weighted by Crippen LogP contribution is -2.11. The van der Waals surface area contributed by atoms with Crippen molar-refractivity contribution in [2.45, 2.75) is 17.6 Å². The number of thiophene rings is 1. The van der Waals surface area contributed by atoms with Crippen LogP contribution in [-0.2, 0) is 16.4 Å². The Hall–Kier alpha value is -2.04. The molecule has 110 valence electrons. The van der Waals surface area contributed by atoms with Crippen molar-refractivity contribution in [1.29, 1.82) is 5.26 Å². The Morgan fingerprint density at radius 2 is 2.14 bits per heavy atom. The summed E-state index contributed by atoms with van der Waals surface area (Å²) in [5.41, 5.74) is 0.400. The van der Waals surface area contributed by atoms with E-state index in [0.717, 1.165) is 11.3 Å². The van der Waals surface area contributed by atoms with Gasteiger partial charge < -0.3 is 4.74 Å². The van der Waals surface area contributed by atoms with Gasteiger partial charge in [0.2, 0.25) is 0 Å². The molecule has 0 unspecified atom stereocenters. The Morgan fingerprint density at radius 1 is 1.33 bits per heavy atom. The lowest BCUT2D eigenvalue weighted by Gasteiger charge is -2.08. The number of nitrogens with zero attached hydrogens (tertiary/aromatic N) is 1. The van der Waals surface area contributed by atoms with Gasteiger partial charge in [-0.25, -0.2) is 8.42 Å². The average Bonchev–Trinajstić information content (AvgIpc) is 2.95. The Bertz CT molecular complexity index is 761. The summed E-state index contributed by atoms with van der Waals surface area (Å²) >= 11 is 1.25. The molecule has 0 aliphatic carbocycles. The van der Waals surface area contributed by atoms with Gasteiger partial charge >= 0.3 is 0 Å². The smallest absolute Gasteiger partial charge is 0.271 e. The number of nitrogens with one attached hydrogen (secondary N) is 1. The number of hydrogen-bond donors (Lipinski definition) is 1. The Labute approximate surface area is 127 Å². The Balaban J connectivity index is 2.18. The molecule has 0 fully saturated rings. The van der Waals surface area contributed by atoms with Crippen molar-refractivity contribution >= 4 is 27.0 Å². The van der Waals surface area contributed by atoms with Gasteiger partial charge in [-0.2, -0.15) is 5.26 Å². The lowest BCUT2D eigenvalue weighted by molar-refractivity contribution is 0.368. The van der Waals surface area contributed by atoms with Crippen molar-refractivity contribution in [3.63, 3.8) is 0 Å². The van der Waals surface area contributed by atoms with Crippen molar-refractivity contribution in [2.24, 2.45) is 0 Å². The summed E-state index contributed by atoms with van der Waals surface area (Å²) in [6.07, 6.45) is 0.803. The third-order valence-electron chi connectivity index (χ3n) is 2.64. The molecule has 2 rings (SSSR count). The number of sulfonamides is 1. The van der Waals surface area contributed by atoms with Crippen LogP contribution in [0.1, 0.15) is 11.8 Å². The summed E-state index contributed by atoms with van der Waals surface area (Å²) in [4.78, 5) is 1.02. The molecule has 0 aliphatic heterocycles. The number of nitriles is 1. The van der Waals surface area contributed by atoms with Gasteiger partial charge in [-0.3, -0.25) is 4.72 Å². The van der Waals surface area contributed by atoms with Gasteiger partial charge in [0, 0.05) is 10.9 Å². The summed E-state index contributed by atoms with van der Waals surface area (Å²) in [7, 11) is -3.59. The summed E-state index contributed by atoms with van der Waals surface area (Å²) in [6.45, 7) is 1.90. The van der Waals surface area contributed by atoms with E-state index in [1.807, 2.05) is 19.1 Å². The first-order valence-corrected chi connectivity index (χ1v) is 8.56. The SMILES string of the molecule is CCc1ccc(S(=O)(=O)Nc2cccc(OCC#N)c2)s1. The molecule has 1 N–H and O–H groups in total. The van der Waals surface area contributed by atoms with Crippen molar-refractivity contribution < 1.29 is 13.2 Å². The molecule has 1 aromatic carbocycles. The molecule has 1 aromatic heterocycles. The minimum Gasteiger partial charge on any atom is -0.479 e. The van der Waals surface area contributed by atoms with E-state index in [9.17, 15) is 8.42 Å². The molecule has 21 heavy (non-hydrogen) atoms. The number of ether oxygens (including phenoxy) is 1. The quantitative estimate of drug-likeness (QED) is 0.886. The highest BCUT2D eigenvalue weighted by Gasteiger charge is 2.16. The average molecular weight is 322 g/mol. The summed E-state index contributed by atoms with van der Waals surface area (Å²) in [5, 5.41) is 8.47. The minimum atomic E-state index is -3.59. The summed E-state index contributed by atoms with van der Waals surface area (Å²) in [5.74, 6) is 0.442. The van der Waals surface area contributed by atoms with E-state index >= 15 is 0 Å². The summed E-state index contributed by atoms with van der Waals surface area (Å²) in [6, 6.07) is 11.8. The van der Waals surface area contributed by atoms with Crippen LogP contribution in [0, 0.1) is 11.3 Å². The van der Waals surface area contributed by atoms with Crippen LogP contribution >= 0.6 is 11.3 Å². The molecule has 0 atom stereocenters. The second kappa shape index (κ2) is 6.61. The highest BCUT2D eigenvalue weighted by atomic mass is 32.2. The number of anilines is 1. The first-order valence-electron chi connectivity index (χ1n) is 6.26. The predicted octanol–water partition coefficient (Wildman–Crippen LogP) is 3.01. The maximum absolute atomic E-state index is 12.3. The Morgan fingerprint density at radius 3 is 2.81 bits per heavy atom. The number of hydrogen-bond acceptors (Lipinski definition) is 5. The topological polar surface area (TPSA) is 79.2 Å². The van der Waals surface area contributed by atoms with Crippen LogP contribution in [0.5, 0.6) is 5.75 Å². The largest absolute Gasteiger partial charge is 0.479 e. The molecule has 0 saturated carbocycles. The monoisotopic (exact) mass is 322 g/mol. The zero-order valence-electron chi connectivity index (χ0n) is 11.4. The first-order chi connectivity index (χ1) is 10.0. The van der Waals surface area contributed by atoms with Crippen molar-refractivity contribution in [2.75, 3.05) is 11.3 Å². The molecule has 0 radical (unpaired) electrons. The maximum Gasteiger partial charge on any atom is 0.271 e. The predicted molar refractivity (Wildman–Crippen MR) is 82.1 cm³/mol. The van der Waals surface area contributed by atoms with E-state index in [2.05, 4.69) is 4.72 Å². The van der Waals surface area contributed by atoms with Gasteiger partial charge in [0.1, 0.15) is 16.0 Å². The first kappa shape index (κ1) is 15.4. The lowest BCUT2D eigenvalue weighted by atomic mass is 10.3. The van der Waals surface area contributed by atoms with Crippen LogP contribution in [0.2, 0.25) is 0 Å². The fourth-order valence-corrected chi connectivity index (χ4v) is 4.01. The molecule has 5 nitrogen and oxygen atoms in total. The fraction of sp³-hybridized carbons (Fsp3) is 0.214. The van der Waals surface area contributed by atoms with Crippen molar-refractivity contribution in [3.05, 3.63) is 41.3 Å². The third-order valence-corrected chi connectivity index (χ3v) is 5.74. The molecule has 0 saturated heterocycles. The van der Waals surface area contributed by atoms with Gasteiger partial charge in [0.15, 0.2) is 6.61 Å². The highest BCUT2D eigenvalue weighted by molar-refractivity contribution is 7.94. The van der Waals surface area contributed by atoms with Gasteiger partial charge in [-0.05, 0) is 30.7 Å². The maximum atomic E-state index is 12.3. The molecule has 0 amide bonds. The molecule has 2 aromatic rings. The van der Waals surface area contributed by atoms with Crippen LogP contribution in [0.15, 0.2) is 40.6 Å². The van der Waals surface area contributed by atoms with E-state index in [-0.39, 0.29) is 10.8 Å². The zero-order valence-corrected chi connectivity index (χ0v) is 13.0. The van der Waals surface area contributed by atoms with Crippen LogP contribution in [0.25, 0.3) is 0 Å². The van der Waals surface area contributed by atoms with Crippen LogP contribution in [0.4, 0.5) is 5.69 Å². The van der Waals surface area contributed by atoms with Crippen LogP contribution in [0.3, 0.4) is 0 Å².